The van der Waals surface area contributed by atoms with Crippen molar-refractivity contribution in [2.75, 3.05) is 20.2 Å². The van der Waals surface area contributed by atoms with Crippen molar-refractivity contribution in [3.63, 3.8) is 0 Å². The van der Waals surface area contributed by atoms with E-state index in [1.54, 1.807) is 24.3 Å². The highest BCUT2D eigenvalue weighted by atomic mass is 35.5. The Labute approximate surface area is 213 Å². The van der Waals surface area contributed by atoms with E-state index in [0.29, 0.717) is 33.2 Å². The zero-order valence-electron chi connectivity index (χ0n) is 19.2. The molecule has 0 radical (unpaired) electrons. The van der Waals surface area contributed by atoms with Crippen molar-refractivity contribution in [3.8, 4) is 5.75 Å². The Balaban J connectivity index is 1.83. The molecular weight excluding hydrogens is 494 g/mol. The van der Waals surface area contributed by atoms with Gasteiger partial charge in [0.25, 0.3) is 0 Å². The number of nitrogens with one attached hydrogen (secondary N) is 2. The van der Waals surface area contributed by atoms with Crippen LogP contribution in [0.4, 0.5) is 4.79 Å². The van der Waals surface area contributed by atoms with Gasteiger partial charge in [0.2, 0.25) is 11.8 Å². The van der Waals surface area contributed by atoms with Gasteiger partial charge in [-0.25, -0.2) is 9.59 Å². The Bertz CT molecular complexity index is 1160. The molecule has 0 unspecified atom stereocenters. The molecule has 186 valence electrons. The summed E-state index contributed by atoms with van der Waals surface area (Å²) in [6.45, 7) is 1.44. The number of aromatic carboxylic acids is 1. The maximum Gasteiger partial charge on any atom is 0.336 e. The van der Waals surface area contributed by atoms with E-state index < -0.39 is 42.3 Å². The number of hydrogen-bond acceptors (Lipinski definition) is 6. The molecule has 1 aliphatic heterocycles. The molecule has 4 amide bonds. The third-order valence-electron chi connectivity index (χ3n) is 5.78. The lowest BCUT2D eigenvalue weighted by Crippen LogP contribution is -2.48. The van der Waals surface area contributed by atoms with Gasteiger partial charge < -0.3 is 20.5 Å². The lowest BCUT2D eigenvalue weighted by molar-refractivity contribution is -0.133. The monoisotopic (exact) mass is 519 g/mol. The molecule has 1 fully saturated rings. The van der Waals surface area contributed by atoms with Gasteiger partial charge in [-0.05, 0) is 54.3 Å². The molecule has 1 heterocycles. The number of nitrogens with zero attached hydrogens (tertiary/aromatic N) is 1. The van der Waals surface area contributed by atoms with E-state index in [-0.39, 0.29) is 18.5 Å². The van der Waals surface area contributed by atoms with Crippen molar-refractivity contribution >= 4 is 48.0 Å². The summed E-state index contributed by atoms with van der Waals surface area (Å²) in [5, 5.41) is 15.3. The Morgan fingerprint density at radius 2 is 2.03 bits per heavy atom. The molecule has 2 atom stereocenters. The first-order chi connectivity index (χ1) is 16.6. The molecule has 11 heteroatoms. The standard InChI is InChI=1S/C24H26ClN3O6S/c1-3-18(13-4-7-20(35)17(10-13)23(31)32)27-24(33)28-12-21(29)26-11-15(22(28)30)8-14-9-16(25)5-6-19(14)34-2/h4-7,9-10,15,18,35H,3,8,11-12H2,1-2H3,(H,26,29)(H,27,33)(H,31,32)/t15-,18+/m0/s1. The first-order valence-corrected chi connectivity index (χ1v) is 11.7. The molecule has 3 rings (SSSR count). The Hall–Kier alpha value is -3.24. The second kappa shape index (κ2) is 11.5. The lowest BCUT2D eigenvalue weighted by atomic mass is 9.97. The van der Waals surface area contributed by atoms with Crippen LogP contribution in [0.3, 0.4) is 0 Å². The minimum atomic E-state index is -1.14. The minimum Gasteiger partial charge on any atom is -0.496 e. The fraction of sp³-hybridized carbons (Fsp3) is 0.333. The summed E-state index contributed by atoms with van der Waals surface area (Å²) < 4.78 is 5.36. The van der Waals surface area contributed by atoms with E-state index in [4.69, 9.17) is 16.3 Å². The van der Waals surface area contributed by atoms with Crippen molar-refractivity contribution in [2.24, 2.45) is 5.92 Å². The quantitative estimate of drug-likeness (QED) is 0.416. The molecule has 2 aromatic carbocycles. The average molecular weight is 520 g/mol. The fourth-order valence-corrected chi connectivity index (χ4v) is 4.34. The van der Waals surface area contributed by atoms with E-state index in [9.17, 15) is 24.3 Å². The fourth-order valence-electron chi connectivity index (χ4n) is 3.92. The number of rotatable bonds is 7. The Kier molecular flexibility index (Phi) is 8.63. The van der Waals surface area contributed by atoms with Crippen molar-refractivity contribution < 1.29 is 29.0 Å². The van der Waals surface area contributed by atoms with Crippen LogP contribution in [0.25, 0.3) is 0 Å². The molecule has 1 aliphatic rings. The molecular formula is C24H26ClN3O6S. The third-order valence-corrected chi connectivity index (χ3v) is 6.40. The van der Waals surface area contributed by atoms with Crippen LogP contribution < -0.4 is 15.4 Å². The number of ether oxygens (including phenoxy) is 1. The summed E-state index contributed by atoms with van der Waals surface area (Å²) in [6.07, 6.45) is 0.628. The van der Waals surface area contributed by atoms with Crippen LogP contribution in [0.2, 0.25) is 5.02 Å². The van der Waals surface area contributed by atoms with Gasteiger partial charge in [-0.3, -0.25) is 14.5 Å². The zero-order chi connectivity index (χ0) is 25.7. The molecule has 3 N–H and O–H groups in total. The highest BCUT2D eigenvalue weighted by molar-refractivity contribution is 7.80. The largest absolute Gasteiger partial charge is 0.496 e. The van der Waals surface area contributed by atoms with Crippen molar-refractivity contribution in [3.05, 3.63) is 58.1 Å². The highest BCUT2D eigenvalue weighted by Gasteiger charge is 2.35. The smallest absolute Gasteiger partial charge is 0.336 e. The van der Waals surface area contributed by atoms with Crippen LogP contribution >= 0.6 is 24.2 Å². The Morgan fingerprint density at radius 1 is 1.29 bits per heavy atom. The molecule has 0 saturated carbocycles. The van der Waals surface area contributed by atoms with Crippen molar-refractivity contribution in [1.82, 2.24) is 15.5 Å². The number of carbonyl (C=O) groups excluding carboxylic acids is 3. The normalized spacial score (nSPS) is 16.8. The summed E-state index contributed by atoms with van der Waals surface area (Å²) in [5.41, 5.74) is 1.22. The number of hydrogen-bond donors (Lipinski definition) is 4. The van der Waals surface area contributed by atoms with Crippen LogP contribution in [-0.2, 0) is 16.0 Å². The number of halogens is 1. The number of carbonyl (C=O) groups is 4. The van der Waals surface area contributed by atoms with Crippen molar-refractivity contribution in [2.45, 2.75) is 30.7 Å². The van der Waals surface area contributed by atoms with Gasteiger partial charge in [-0.1, -0.05) is 24.6 Å². The number of carboxylic acids is 1. The van der Waals surface area contributed by atoms with Gasteiger partial charge in [-0.15, -0.1) is 12.6 Å². The van der Waals surface area contributed by atoms with Crippen LogP contribution in [0, 0.1) is 5.92 Å². The van der Waals surface area contributed by atoms with E-state index in [1.165, 1.54) is 19.2 Å². The van der Waals surface area contributed by atoms with Gasteiger partial charge in [0.05, 0.1) is 24.6 Å². The minimum absolute atomic E-state index is 0.000655. The third kappa shape index (κ3) is 6.26. The van der Waals surface area contributed by atoms with E-state index >= 15 is 0 Å². The summed E-state index contributed by atoms with van der Waals surface area (Å²) in [7, 11) is 1.50. The maximum absolute atomic E-state index is 13.3. The first kappa shape index (κ1) is 26.4. The lowest BCUT2D eigenvalue weighted by Gasteiger charge is -2.25. The number of imide groups is 1. The second-order valence-corrected chi connectivity index (χ2v) is 9.00. The molecule has 0 aromatic heterocycles. The van der Waals surface area contributed by atoms with Crippen molar-refractivity contribution in [1.29, 1.82) is 0 Å². The number of urea groups is 1. The SMILES string of the molecule is CC[C@@H](NC(=O)N1CC(=O)NC[C@H](Cc2cc(Cl)ccc2OC)C1=O)c1ccc(S)c(C(=O)O)c1. The molecule has 2 aromatic rings. The van der Waals surface area contributed by atoms with Gasteiger partial charge in [0.15, 0.2) is 0 Å². The first-order valence-electron chi connectivity index (χ1n) is 10.9. The van der Waals surface area contributed by atoms with Crippen LogP contribution in [0.15, 0.2) is 41.3 Å². The van der Waals surface area contributed by atoms with E-state index in [1.807, 2.05) is 6.92 Å². The van der Waals surface area contributed by atoms with Crippen LogP contribution in [-0.4, -0.2) is 54.0 Å². The molecule has 0 bridgehead atoms. The topological polar surface area (TPSA) is 125 Å². The zero-order valence-corrected chi connectivity index (χ0v) is 20.9. The summed E-state index contributed by atoms with van der Waals surface area (Å²) >= 11 is 10.3. The predicted octanol–water partition coefficient (Wildman–Crippen LogP) is 3.31. The summed E-state index contributed by atoms with van der Waals surface area (Å²) in [4.78, 5) is 51.4. The Morgan fingerprint density at radius 3 is 2.69 bits per heavy atom. The van der Waals surface area contributed by atoms with Gasteiger partial charge >= 0.3 is 12.0 Å². The van der Waals surface area contributed by atoms with Gasteiger partial charge in [0, 0.05) is 16.5 Å². The van der Waals surface area contributed by atoms with Gasteiger partial charge in [0.1, 0.15) is 12.3 Å². The molecule has 0 aliphatic carbocycles. The summed E-state index contributed by atoms with van der Waals surface area (Å²) in [6, 6.07) is 8.35. The molecule has 1 saturated heterocycles. The molecule has 0 spiro atoms. The highest BCUT2D eigenvalue weighted by Crippen LogP contribution is 2.27. The van der Waals surface area contributed by atoms with Gasteiger partial charge in [-0.2, -0.15) is 0 Å². The van der Waals surface area contributed by atoms with E-state index in [0.717, 1.165) is 4.90 Å². The van der Waals surface area contributed by atoms with Crippen LogP contribution in [0.5, 0.6) is 5.75 Å². The number of carboxylic acid groups (broad SMARTS) is 1. The maximum atomic E-state index is 13.3. The average Bonchev–Trinajstić information content (AvgIpc) is 2.96. The number of benzene rings is 2. The number of thiol groups is 1. The molecule has 9 nitrogen and oxygen atoms in total. The summed E-state index contributed by atoms with van der Waals surface area (Å²) in [5.74, 6) is -2.30. The predicted molar refractivity (Wildman–Crippen MR) is 132 cm³/mol. The number of methoxy groups -OCH3 is 1. The van der Waals surface area contributed by atoms with E-state index in [2.05, 4.69) is 23.3 Å². The van der Waals surface area contributed by atoms with Crippen LogP contribution in [0.1, 0.15) is 40.9 Å². The second-order valence-electron chi connectivity index (χ2n) is 8.08. The number of amides is 4. The molecule has 35 heavy (non-hydrogen) atoms.